The summed E-state index contributed by atoms with van der Waals surface area (Å²) in [6.07, 6.45) is -4.30. The van der Waals surface area contributed by atoms with Crippen molar-refractivity contribution in [1.82, 2.24) is 0 Å². The van der Waals surface area contributed by atoms with Gasteiger partial charge in [0.15, 0.2) is 6.29 Å². The van der Waals surface area contributed by atoms with Crippen LogP contribution >= 0.6 is 15.9 Å². The number of hydrogen-bond acceptors (Lipinski definition) is 1. The standard InChI is InChI=1S/C8H4BrF3O.C2H6/c9-6-2-1-5(4-13)7(3-6)8(10,11)12;1-2/h1-4H;1-2H3. The van der Waals surface area contributed by atoms with Gasteiger partial charge in [0.1, 0.15) is 0 Å². The van der Waals surface area contributed by atoms with Crippen LogP contribution in [0.4, 0.5) is 13.2 Å². The van der Waals surface area contributed by atoms with Gasteiger partial charge in [0, 0.05) is 10.0 Å². The number of carbonyl (C=O) groups excluding carboxylic acids is 1. The molecule has 0 radical (unpaired) electrons. The Morgan fingerprint density at radius 2 is 1.80 bits per heavy atom. The predicted molar refractivity (Wildman–Crippen MR) is 55.9 cm³/mol. The van der Waals surface area contributed by atoms with E-state index in [1.165, 1.54) is 6.07 Å². The van der Waals surface area contributed by atoms with Crippen LogP contribution in [-0.2, 0) is 6.18 Å². The molecule has 0 atom stereocenters. The number of aldehydes is 1. The molecule has 0 N–H and O–H groups in total. The fourth-order valence-electron chi connectivity index (χ4n) is 0.877. The largest absolute Gasteiger partial charge is 0.417 e. The average molecular weight is 283 g/mol. The van der Waals surface area contributed by atoms with E-state index >= 15 is 0 Å². The smallest absolute Gasteiger partial charge is 0.298 e. The van der Waals surface area contributed by atoms with Crippen LogP contribution in [0.25, 0.3) is 0 Å². The number of carbonyl (C=O) groups is 1. The van der Waals surface area contributed by atoms with E-state index in [0.717, 1.165) is 12.1 Å². The average Bonchev–Trinajstić information content (AvgIpc) is 2.19. The molecule has 1 aromatic rings. The Morgan fingerprint density at radius 1 is 1.27 bits per heavy atom. The summed E-state index contributed by atoms with van der Waals surface area (Å²) < 4.78 is 37.0. The van der Waals surface area contributed by atoms with E-state index in [0.29, 0.717) is 4.47 Å². The minimum Gasteiger partial charge on any atom is -0.298 e. The Balaban J connectivity index is 0.000000921. The molecule has 0 saturated carbocycles. The van der Waals surface area contributed by atoms with Crippen molar-refractivity contribution in [2.24, 2.45) is 0 Å². The zero-order valence-electron chi connectivity index (χ0n) is 8.23. The molecule has 0 aromatic heterocycles. The summed E-state index contributed by atoms with van der Waals surface area (Å²) in [4.78, 5) is 10.3. The van der Waals surface area contributed by atoms with E-state index in [4.69, 9.17) is 0 Å². The van der Waals surface area contributed by atoms with E-state index in [1.807, 2.05) is 13.8 Å². The third-order valence-corrected chi connectivity index (χ3v) is 1.94. The first kappa shape index (κ1) is 14.2. The maximum absolute atomic E-state index is 12.2. The first-order chi connectivity index (χ1) is 6.95. The van der Waals surface area contributed by atoms with Gasteiger partial charge < -0.3 is 0 Å². The van der Waals surface area contributed by atoms with E-state index in [2.05, 4.69) is 15.9 Å². The Labute approximate surface area is 94.4 Å². The van der Waals surface area contributed by atoms with Crippen molar-refractivity contribution in [1.29, 1.82) is 0 Å². The van der Waals surface area contributed by atoms with Crippen molar-refractivity contribution in [2.75, 3.05) is 0 Å². The molecule has 5 heteroatoms. The van der Waals surface area contributed by atoms with Gasteiger partial charge >= 0.3 is 6.18 Å². The normalized spacial score (nSPS) is 10.3. The van der Waals surface area contributed by atoms with E-state index < -0.39 is 11.7 Å². The van der Waals surface area contributed by atoms with Gasteiger partial charge in [0.05, 0.1) is 5.56 Å². The van der Waals surface area contributed by atoms with E-state index in [1.54, 1.807) is 0 Å². The Hall–Kier alpha value is -0.840. The summed E-state index contributed by atoms with van der Waals surface area (Å²) >= 11 is 2.90. The van der Waals surface area contributed by atoms with Gasteiger partial charge in [-0.1, -0.05) is 29.8 Å². The monoisotopic (exact) mass is 282 g/mol. The third-order valence-electron chi connectivity index (χ3n) is 1.45. The van der Waals surface area contributed by atoms with Gasteiger partial charge in [0.2, 0.25) is 0 Å². The molecule has 84 valence electrons. The SMILES string of the molecule is CC.O=Cc1ccc(Br)cc1C(F)(F)F. The van der Waals surface area contributed by atoms with Crippen molar-refractivity contribution in [3.8, 4) is 0 Å². The zero-order valence-corrected chi connectivity index (χ0v) is 9.82. The zero-order chi connectivity index (χ0) is 12.1. The van der Waals surface area contributed by atoms with Crippen LogP contribution < -0.4 is 0 Å². The summed E-state index contributed by atoms with van der Waals surface area (Å²) in [6.45, 7) is 4.00. The second-order valence-corrected chi connectivity index (χ2v) is 3.26. The molecule has 0 aliphatic rings. The maximum Gasteiger partial charge on any atom is 0.417 e. The lowest BCUT2D eigenvalue weighted by atomic mass is 10.1. The molecule has 1 rings (SSSR count). The maximum atomic E-state index is 12.2. The van der Waals surface area contributed by atoms with Gasteiger partial charge in [0.25, 0.3) is 0 Å². The summed E-state index contributed by atoms with van der Waals surface area (Å²) in [5.41, 5.74) is -1.27. The number of alkyl halides is 3. The highest BCUT2D eigenvalue weighted by Gasteiger charge is 2.33. The van der Waals surface area contributed by atoms with Gasteiger partial charge in [-0.15, -0.1) is 0 Å². The highest BCUT2D eigenvalue weighted by Crippen LogP contribution is 2.33. The topological polar surface area (TPSA) is 17.1 Å². The quantitative estimate of drug-likeness (QED) is 0.702. The van der Waals surface area contributed by atoms with Gasteiger partial charge in [-0.3, -0.25) is 4.79 Å². The summed E-state index contributed by atoms with van der Waals surface area (Å²) in [5.74, 6) is 0. The van der Waals surface area contributed by atoms with Crippen molar-refractivity contribution in [2.45, 2.75) is 20.0 Å². The van der Waals surface area contributed by atoms with Crippen LogP contribution in [0.5, 0.6) is 0 Å². The van der Waals surface area contributed by atoms with Crippen LogP contribution in [0.3, 0.4) is 0 Å². The van der Waals surface area contributed by atoms with E-state index in [9.17, 15) is 18.0 Å². The molecule has 0 bridgehead atoms. The second-order valence-electron chi connectivity index (χ2n) is 2.35. The first-order valence-electron chi connectivity index (χ1n) is 4.27. The van der Waals surface area contributed by atoms with Crippen LogP contribution in [-0.4, -0.2) is 6.29 Å². The van der Waals surface area contributed by atoms with Crippen LogP contribution in [0.15, 0.2) is 22.7 Å². The lowest BCUT2D eigenvalue weighted by molar-refractivity contribution is -0.137. The molecular formula is C10H10BrF3O. The third kappa shape index (κ3) is 4.03. The summed E-state index contributed by atoms with van der Waals surface area (Å²) in [5, 5.41) is 0. The Morgan fingerprint density at radius 3 is 2.20 bits per heavy atom. The number of rotatable bonds is 1. The second kappa shape index (κ2) is 5.90. The van der Waals surface area contributed by atoms with Gasteiger partial charge in [-0.2, -0.15) is 13.2 Å². The van der Waals surface area contributed by atoms with Gasteiger partial charge in [-0.05, 0) is 18.2 Å². The molecule has 0 aliphatic heterocycles. The minimum atomic E-state index is -4.49. The van der Waals surface area contributed by atoms with Crippen molar-refractivity contribution >= 4 is 22.2 Å². The molecule has 0 aliphatic carbocycles. The first-order valence-corrected chi connectivity index (χ1v) is 5.06. The molecule has 0 amide bonds. The van der Waals surface area contributed by atoms with Crippen molar-refractivity contribution in [3.05, 3.63) is 33.8 Å². The molecular weight excluding hydrogens is 273 g/mol. The van der Waals surface area contributed by atoms with Crippen molar-refractivity contribution in [3.63, 3.8) is 0 Å². The molecule has 0 unspecified atom stereocenters. The Bertz CT molecular complexity index is 334. The minimum absolute atomic E-state index is 0.190. The van der Waals surface area contributed by atoms with Crippen LogP contribution in [0, 0.1) is 0 Å². The van der Waals surface area contributed by atoms with Crippen LogP contribution in [0.2, 0.25) is 0 Å². The molecule has 0 spiro atoms. The van der Waals surface area contributed by atoms with Gasteiger partial charge in [-0.25, -0.2) is 0 Å². The van der Waals surface area contributed by atoms with Crippen molar-refractivity contribution < 1.29 is 18.0 Å². The predicted octanol–water partition coefficient (Wildman–Crippen LogP) is 4.31. The fraction of sp³-hybridized carbons (Fsp3) is 0.300. The van der Waals surface area contributed by atoms with E-state index in [-0.39, 0.29) is 11.8 Å². The highest BCUT2D eigenvalue weighted by atomic mass is 79.9. The summed E-state index contributed by atoms with van der Waals surface area (Å²) in [6, 6.07) is 3.39. The highest BCUT2D eigenvalue weighted by molar-refractivity contribution is 9.10. The number of halogens is 4. The molecule has 1 nitrogen and oxygen atoms in total. The number of hydrogen-bond donors (Lipinski definition) is 0. The van der Waals surface area contributed by atoms with Crippen LogP contribution in [0.1, 0.15) is 29.8 Å². The molecule has 0 fully saturated rings. The number of benzene rings is 1. The lowest BCUT2D eigenvalue weighted by Crippen LogP contribution is -2.08. The summed E-state index contributed by atoms with van der Waals surface area (Å²) in [7, 11) is 0. The molecule has 0 saturated heterocycles. The molecule has 15 heavy (non-hydrogen) atoms. The molecule has 0 heterocycles. The molecule has 1 aromatic carbocycles. The Kier molecular flexibility index (Phi) is 5.57. The fourth-order valence-corrected chi connectivity index (χ4v) is 1.24. The lowest BCUT2D eigenvalue weighted by Gasteiger charge is -2.08.